The Labute approximate surface area is 155 Å². The van der Waals surface area contributed by atoms with Gasteiger partial charge in [-0.15, -0.1) is 0 Å². The minimum Gasteiger partial charge on any atom is -0.493 e. The standard InChI is InChI=1S/C19H15ClN2O4/c1-2-24-16-9-18-17(25-11-26-18)8-12(16)7-13(10-21)19(23)22-15-5-3-14(20)4-6-15/h3-9H,2,11H2,1H3,(H,22,23)/b13-7+. The number of hydrogen-bond acceptors (Lipinski definition) is 5. The monoisotopic (exact) mass is 370 g/mol. The van der Waals surface area contributed by atoms with Crippen LogP contribution in [0.25, 0.3) is 6.08 Å². The zero-order valence-electron chi connectivity index (χ0n) is 13.9. The number of nitrogens with one attached hydrogen (secondary N) is 1. The Hall–Kier alpha value is -3.17. The lowest BCUT2D eigenvalue weighted by Gasteiger charge is -2.09. The number of nitrogens with zero attached hydrogens (tertiary/aromatic N) is 1. The normalized spacial score (nSPS) is 12.4. The summed E-state index contributed by atoms with van der Waals surface area (Å²) in [5.41, 5.74) is 1.02. The summed E-state index contributed by atoms with van der Waals surface area (Å²) in [6.45, 7) is 2.39. The summed E-state index contributed by atoms with van der Waals surface area (Å²) >= 11 is 5.83. The molecule has 2 aromatic carbocycles. The summed E-state index contributed by atoms with van der Waals surface area (Å²) in [7, 11) is 0. The van der Waals surface area contributed by atoms with Crippen LogP contribution < -0.4 is 19.5 Å². The molecule has 6 nitrogen and oxygen atoms in total. The second-order valence-electron chi connectivity index (χ2n) is 5.31. The number of halogens is 1. The van der Waals surface area contributed by atoms with Crippen LogP contribution in [0.3, 0.4) is 0 Å². The lowest BCUT2D eigenvalue weighted by atomic mass is 10.1. The molecule has 3 rings (SSSR count). The first-order valence-corrected chi connectivity index (χ1v) is 8.23. The summed E-state index contributed by atoms with van der Waals surface area (Å²) in [5.74, 6) is 1.07. The lowest BCUT2D eigenvalue weighted by Crippen LogP contribution is -2.13. The van der Waals surface area contributed by atoms with Crippen molar-refractivity contribution in [1.29, 1.82) is 5.26 Å². The maximum atomic E-state index is 12.4. The van der Waals surface area contributed by atoms with E-state index in [1.807, 2.05) is 13.0 Å². The van der Waals surface area contributed by atoms with Crippen molar-refractivity contribution in [1.82, 2.24) is 0 Å². The molecule has 0 saturated carbocycles. The highest BCUT2D eigenvalue weighted by Gasteiger charge is 2.19. The van der Waals surface area contributed by atoms with E-state index in [-0.39, 0.29) is 12.4 Å². The third-order valence-corrected chi connectivity index (χ3v) is 3.82. The van der Waals surface area contributed by atoms with Crippen molar-refractivity contribution >= 4 is 29.3 Å². The summed E-state index contributed by atoms with van der Waals surface area (Å²) < 4.78 is 16.3. The van der Waals surface area contributed by atoms with Crippen LogP contribution in [0.1, 0.15) is 12.5 Å². The van der Waals surface area contributed by atoms with Gasteiger partial charge in [-0.1, -0.05) is 11.6 Å². The van der Waals surface area contributed by atoms with Gasteiger partial charge in [-0.3, -0.25) is 4.79 Å². The van der Waals surface area contributed by atoms with Gasteiger partial charge in [0.25, 0.3) is 5.91 Å². The smallest absolute Gasteiger partial charge is 0.266 e. The van der Waals surface area contributed by atoms with Crippen molar-refractivity contribution in [3.8, 4) is 23.3 Å². The number of benzene rings is 2. The Morgan fingerprint density at radius 1 is 1.31 bits per heavy atom. The van der Waals surface area contributed by atoms with Crippen LogP contribution in [0, 0.1) is 11.3 Å². The Morgan fingerprint density at radius 3 is 2.65 bits per heavy atom. The molecule has 0 unspecified atom stereocenters. The van der Waals surface area contributed by atoms with Crippen molar-refractivity contribution < 1.29 is 19.0 Å². The van der Waals surface area contributed by atoms with Crippen molar-refractivity contribution in [2.45, 2.75) is 6.92 Å². The third kappa shape index (κ3) is 3.90. The average molecular weight is 371 g/mol. The van der Waals surface area contributed by atoms with Gasteiger partial charge in [0.2, 0.25) is 6.79 Å². The molecule has 1 N–H and O–H groups in total. The lowest BCUT2D eigenvalue weighted by molar-refractivity contribution is -0.112. The van der Waals surface area contributed by atoms with E-state index in [2.05, 4.69) is 5.32 Å². The van der Waals surface area contributed by atoms with E-state index >= 15 is 0 Å². The van der Waals surface area contributed by atoms with Crippen LogP contribution in [-0.2, 0) is 4.79 Å². The second kappa shape index (κ2) is 7.81. The molecule has 26 heavy (non-hydrogen) atoms. The highest BCUT2D eigenvalue weighted by molar-refractivity contribution is 6.30. The molecule has 0 fully saturated rings. The molecule has 7 heteroatoms. The topological polar surface area (TPSA) is 80.6 Å². The number of amides is 1. The summed E-state index contributed by atoms with van der Waals surface area (Å²) in [6.07, 6.45) is 1.46. The summed E-state index contributed by atoms with van der Waals surface area (Å²) in [5, 5.41) is 12.6. The van der Waals surface area contributed by atoms with Gasteiger partial charge in [-0.05, 0) is 43.3 Å². The summed E-state index contributed by atoms with van der Waals surface area (Å²) in [4.78, 5) is 12.4. The minimum absolute atomic E-state index is 0.0697. The van der Waals surface area contributed by atoms with E-state index in [0.29, 0.717) is 40.1 Å². The Balaban J connectivity index is 1.89. The predicted molar refractivity (Wildman–Crippen MR) is 97.4 cm³/mol. The fourth-order valence-electron chi connectivity index (χ4n) is 2.37. The number of anilines is 1. The quantitative estimate of drug-likeness (QED) is 0.635. The number of fused-ring (bicyclic) bond motifs is 1. The Kier molecular flexibility index (Phi) is 5.30. The molecule has 1 aliphatic heterocycles. The molecule has 1 amide bonds. The molecule has 0 bridgehead atoms. The van der Waals surface area contributed by atoms with Crippen LogP contribution in [0.15, 0.2) is 42.0 Å². The van der Waals surface area contributed by atoms with Crippen molar-refractivity contribution in [3.63, 3.8) is 0 Å². The second-order valence-corrected chi connectivity index (χ2v) is 5.74. The van der Waals surface area contributed by atoms with Crippen LogP contribution in [0.5, 0.6) is 17.2 Å². The van der Waals surface area contributed by atoms with E-state index in [1.54, 1.807) is 36.4 Å². The van der Waals surface area contributed by atoms with Gasteiger partial charge < -0.3 is 19.5 Å². The molecule has 0 radical (unpaired) electrons. The van der Waals surface area contributed by atoms with E-state index in [4.69, 9.17) is 25.8 Å². The minimum atomic E-state index is -0.532. The van der Waals surface area contributed by atoms with E-state index in [0.717, 1.165) is 0 Å². The van der Waals surface area contributed by atoms with Crippen LogP contribution >= 0.6 is 11.6 Å². The molecule has 0 aliphatic carbocycles. The van der Waals surface area contributed by atoms with Gasteiger partial charge in [-0.2, -0.15) is 5.26 Å². The largest absolute Gasteiger partial charge is 0.493 e. The average Bonchev–Trinajstić information content (AvgIpc) is 3.09. The van der Waals surface area contributed by atoms with Gasteiger partial charge in [0.15, 0.2) is 11.5 Å². The molecule has 1 aliphatic rings. The first-order chi connectivity index (χ1) is 12.6. The maximum Gasteiger partial charge on any atom is 0.266 e. The Bertz CT molecular complexity index is 901. The van der Waals surface area contributed by atoms with Gasteiger partial charge in [0.1, 0.15) is 17.4 Å². The fraction of sp³-hybridized carbons (Fsp3) is 0.158. The highest BCUT2D eigenvalue weighted by atomic mass is 35.5. The third-order valence-electron chi connectivity index (χ3n) is 3.57. The SMILES string of the molecule is CCOc1cc2c(cc1/C=C(\C#N)C(=O)Nc1ccc(Cl)cc1)OCO2. The number of rotatable bonds is 5. The summed E-state index contributed by atoms with van der Waals surface area (Å²) in [6, 6.07) is 11.9. The van der Waals surface area contributed by atoms with Gasteiger partial charge in [0, 0.05) is 22.3 Å². The molecule has 0 saturated heterocycles. The number of carbonyl (C=O) groups is 1. The van der Waals surface area contributed by atoms with Crippen LogP contribution in [0.2, 0.25) is 5.02 Å². The van der Waals surface area contributed by atoms with Crippen molar-refractivity contribution in [2.24, 2.45) is 0 Å². The zero-order valence-corrected chi connectivity index (χ0v) is 14.7. The molecule has 0 spiro atoms. The predicted octanol–water partition coefficient (Wildman–Crippen LogP) is 4.01. The van der Waals surface area contributed by atoms with Crippen LogP contribution in [-0.4, -0.2) is 19.3 Å². The zero-order chi connectivity index (χ0) is 18.5. The maximum absolute atomic E-state index is 12.4. The van der Waals surface area contributed by atoms with Crippen LogP contribution in [0.4, 0.5) is 5.69 Å². The number of carbonyl (C=O) groups excluding carboxylic acids is 1. The van der Waals surface area contributed by atoms with Gasteiger partial charge in [0.05, 0.1) is 6.61 Å². The Morgan fingerprint density at radius 2 is 2.00 bits per heavy atom. The van der Waals surface area contributed by atoms with Gasteiger partial charge in [-0.25, -0.2) is 0 Å². The number of hydrogen-bond donors (Lipinski definition) is 1. The molecule has 2 aromatic rings. The van der Waals surface area contributed by atoms with E-state index < -0.39 is 5.91 Å². The molecule has 1 heterocycles. The number of nitriles is 1. The highest BCUT2D eigenvalue weighted by Crippen LogP contribution is 2.39. The molecule has 0 aromatic heterocycles. The molecular weight excluding hydrogens is 356 g/mol. The molecule has 0 atom stereocenters. The molecular formula is C19H15ClN2O4. The number of ether oxygens (including phenoxy) is 3. The van der Waals surface area contributed by atoms with Crippen molar-refractivity contribution in [3.05, 3.63) is 52.6 Å². The first kappa shape index (κ1) is 17.6. The van der Waals surface area contributed by atoms with Gasteiger partial charge >= 0.3 is 0 Å². The molecule has 132 valence electrons. The first-order valence-electron chi connectivity index (χ1n) is 7.86. The fourth-order valence-corrected chi connectivity index (χ4v) is 2.49. The van der Waals surface area contributed by atoms with E-state index in [1.165, 1.54) is 6.08 Å². The van der Waals surface area contributed by atoms with E-state index in [9.17, 15) is 10.1 Å². The van der Waals surface area contributed by atoms with Crippen molar-refractivity contribution in [2.75, 3.05) is 18.7 Å².